The zero-order valence-corrected chi connectivity index (χ0v) is 17.4. The predicted octanol–water partition coefficient (Wildman–Crippen LogP) is -6.41. The molecule has 0 aromatic carbocycles. The predicted molar refractivity (Wildman–Crippen MR) is 99.0 cm³/mol. The van der Waals surface area contributed by atoms with Crippen LogP contribution in [0.1, 0.15) is 12.8 Å². The Morgan fingerprint density at radius 3 is 1.18 bits per heavy atom. The minimum atomic E-state index is -1.93. The van der Waals surface area contributed by atoms with Crippen LogP contribution in [0.15, 0.2) is 0 Å². The molecule has 0 aromatic rings. The van der Waals surface area contributed by atoms with Crippen molar-refractivity contribution in [3.05, 3.63) is 0 Å². The first kappa shape index (κ1) is 28.1. The smallest absolute Gasteiger partial charge is 0.316 e. The molecule has 0 radical (unpaired) electrons. The summed E-state index contributed by atoms with van der Waals surface area (Å²) in [5, 5.41) is 76.4. The van der Waals surface area contributed by atoms with Crippen molar-refractivity contribution in [1.82, 2.24) is 0 Å². The van der Waals surface area contributed by atoms with E-state index in [4.69, 9.17) is 19.7 Å². The highest BCUT2D eigenvalue weighted by atomic mass is 16.7. The number of ether oxygens (including phenoxy) is 4. The highest BCUT2D eigenvalue weighted by molar-refractivity contribution is 6.42. The second-order valence-electron chi connectivity index (χ2n) is 7.57. The van der Waals surface area contributed by atoms with Gasteiger partial charge in [-0.05, 0) is 0 Å². The molecular formula is C18H26O16. The molecule has 16 nitrogen and oxygen atoms in total. The van der Waals surface area contributed by atoms with Crippen LogP contribution in [-0.2, 0) is 38.1 Å². The Hall–Kier alpha value is -2.12. The summed E-state index contributed by atoms with van der Waals surface area (Å²) in [4.78, 5) is 47.6. The molecule has 2 saturated heterocycles. The van der Waals surface area contributed by atoms with E-state index in [0.29, 0.717) is 0 Å². The molecule has 0 spiro atoms. The van der Waals surface area contributed by atoms with Crippen LogP contribution in [0.25, 0.3) is 0 Å². The van der Waals surface area contributed by atoms with Crippen LogP contribution in [0.5, 0.6) is 0 Å². The van der Waals surface area contributed by atoms with Crippen LogP contribution in [0.2, 0.25) is 0 Å². The van der Waals surface area contributed by atoms with Gasteiger partial charge in [-0.1, -0.05) is 0 Å². The molecule has 2 rings (SSSR count). The quantitative estimate of drug-likeness (QED) is 0.0834. The number of Topliss-reactive ketones (excluding diaryl/α,β-unsaturated/α-hetero) is 2. The third-order valence-electron chi connectivity index (χ3n) is 5.11. The van der Waals surface area contributed by atoms with Crippen LogP contribution < -0.4 is 0 Å². The molecule has 34 heavy (non-hydrogen) atoms. The van der Waals surface area contributed by atoms with Gasteiger partial charge in [-0.15, -0.1) is 0 Å². The van der Waals surface area contributed by atoms with Crippen molar-refractivity contribution in [3.8, 4) is 0 Å². The molecule has 0 bridgehead atoms. The van der Waals surface area contributed by atoms with E-state index in [0.717, 1.165) is 0 Å². The van der Waals surface area contributed by atoms with Crippen LogP contribution in [-0.4, -0.2) is 139 Å². The van der Waals surface area contributed by atoms with E-state index in [2.05, 4.69) is 9.47 Å². The van der Waals surface area contributed by atoms with E-state index in [1.54, 1.807) is 0 Å². The highest BCUT2D eigenvalue weighted by Crippen LogP contribution is 2.23. The van der Waals surface area contributed by atoms with Gasteiger partial charge < -0.3 is 59.8 Å². The zero-order chi connectivity index (χ0) is 25.7. The van der Waals surface area contributed by atoms with Crippen molar-refractivity contribution in [2.75, 3.05) is 13.2 Å². The number of hydrogen-bond acceptors (Lipinski definition) is 16. The molecule has 0 saturated carbocycles. The molecule has 8 N–H and O–H groups in total. The molecule has 10 atom stereocenters. The summed E-state index contributed by atoms with van der Waals surface area (Å²) in [7, 11) is 0. The van der Waals surface area contributed by atoms with E-state index in [1.807, 2.05) is 0 Å². The SMILES string of the molecule is O=C(CC(=O)C(=O)CC(=O)OC1O[C@H](CO)[C@H](O)[C@H](O)[C@H]1O)OC1O[C@H](CO)[C@H](O)[C@H](O)[C@H]1O. The second-order valence-corrected chi connectivity index (χ2v) is 7.57. The Balaban J connectivity index is 1.85. The van der Waals surface area contributed by atoms with Crippen molar-refractivity contribution in [1.29, 1.82) is 0 Å². The number of carbonyl (C=O) groups excluding carboxylic acids is 4. The Kier molecular flexibility index (Phi) is 9.95. The molecule has 0 amide bonds. The van der Waals surface area contributed by atoms with Gasteiger partial charge in [-0.25, -0.2) is 0 Å². The van der Waals surface area contributed by atoms with Crippen molar-refractivity contribution in [2.24, 2.45) is 0 Å². The summed E-state index contributed by atoms with van der Waals surface area (Å²) in [5.41, 5.74) is 0. The number of carbonyl (C=O) groups is 4. The maximum absolute atomic E-state index is 11.9. The van der Waals surface area contributed by atoms with Crippen LogP contribution in [0, 0.1) is 0 Å². The molecule has 2 unspecified atom stereocenters. The van der Waals surface area contributed by atoms with Crippen LogP contribution >= 0.6 is 0 Å². The fourth-order valence-corrected chi connectivity index (χ4v) is 3.13. The van der Waals surface area contributed by atoms with Crippen molar-refractivity contribution in [2.45, 2.75) is 74.3 Å². The Labute approximate surface area is 190 Å². The lowest BCUT2D eigenvalue weighted by molar-refractivity contribution is -0.292. The van der Waals surface area contributed by atoms with E-state index < -0.39 is 111 Å². The number of esters is 2. The lowest BCUT2D eigenvalue weighted by Crippen LogP contribution is -2.59. The molecule has 2 heterocycles. The molecule has 2 aliphatic rings. The average Bonchev–Trinajstić information content (AvgIpc) is 2.79. The highest BCUT2D eigenvalue weighted by Gasteiger charge is 2.46. The average molecular weight is 498 g/mol. The maximum Gasteiger partial charge on any atom is 0.316 e. The van der Waals surface area contributed by atoms with Gasteiger partial charge in [-0.3, -0.25) is 19.2 Å². The first-order chi connectivity index (χ1) is 15.9. The number of aliphatic hydroxyl groups is 8. The van der Waals surface area contributed by atoms with Gasteiger partial charge in [0, 0.05) is 0 Å². The first-order valence-corrected chi connectivity index (χ1v) is 9.97. The number of hydrogen-bond donors (Lipinski definition) is 8. The molecule has 0 aromatic heterocycles. The molecule has 0 aliphatic carbocycles. The van der Waals surface area contributed by atoms with E-state index in [9.17, 15) is 49.8 Å². The molecule has 16 heteroatoms. The monoisotopic (exact) mass is 498 g/mol. The van der Waals surface area contributed by atoms with Crippen LogP contribution in [0.3, 0.4) is 0 Å². The normalized spacial score (nSPS) is 38.1. The van der Waals surface area contributed by atoms with Gasteiger partial charge in [0.15, 0.2) is 0 Å². The van der Waals surface area contributed by atoms with Gasteiger partial charge in [0.1, 0.15) is 61.7 Å². The third-order valence-corrected chi connectivity index (χ3v) is 5.11. The number of aliphatic hydroxyl groups excluding tert-OH is 8. The number of rotatable bonds is 9. The van der Waals surface area contributed by atoms with Gasteiger partial charge in [0.05, 0.1) is 13.2 Å². The Morgan fingerprint density at radius 1 is 0.559 bits per heavy atom. The van der Waals surface area contributed by atoms with Gasteiger partial charge in [0.25, 0.3) is 0 Å². The summed E-state index contributed by atoms with van der Waals surface area (Å²) in [6.45, 7) is -1.60. The minimum Gasteiger partial charge on any atom is -0.432 e. The summed E-state index contributed by atoms with van der Waals surface area (Å²) >= 11 is 0. The summed E-state index contributed by atoms with van der Waals surface area (Å²) in [6, 6.07) is 0. The fraction of sp³-hybridized carbons (Fsp3) is 0.778. The van der Waals surface area contributed by atoms with Crippen molar-refractivity contribution >= 4 is 23.5 Å². The van der Waals surface area contributed by atoms with Gasteiger partial charge in [-0.2, -0.15) is 0 Å². The second kappa shape index (κ2) is 12.0. The lowest BCUT2D eigenvalue weighted by atomic mass is 9.99. The summed E-state index contributed by atoms with van der Waals surface area (Å²) < 4.78 is 19.1. The minimum absolute atomic E-state index is 0.799. The van der Waals surface area contributed by atoms with E-state index in [1.165, 1.54) is 0 Å². The largest absolute Gasteiger partial charge is 0.432 e. The van der Waals surface area contributed by atoms with Crippen molar-refractivity contribution in [3.63, 3.8) is 0 Å². The summed E-state index contributed by atoms with van der Waals surface area (Å²) in [5.74, 6) is -5.63. The molecule has 194 valence electrons. The van der Waals surface area contributed by atoms with Gasteiger partial charge in [0.2, 0.25) is 24.1 Å². The number of ketones is 2. The molecule has 2 fully saturated rings. The summed E-state index contributed by atoms with van der Waals surface area (Å²) in [6.07, 6.45) is -19.9. The first-order valence-electron chi connectivity index (χ1n) is 9.97. The zero-order valence-electron chi connectivity index (χ0n) is 17.4. The fourth-order valence-electron chi connectivity index (χ4n) is 3.13. The topological polar surface area (TPSA) is 267 Å². The Bertz CT molecular complexity index is 690. The standard InChI is InChI=1S/C18H26O16/c19-3-7-11(25)13(27)15(29)17(31-7)33-9(23)1-5(21)6(22)2-10(24)34-18-16(30)14(28)12(26)8(4-20)32-18/h7-8,11-20,25-30H,1-4H2/t7-,8-,11+,12+,13+,14+,15-,16-,17?,18?/m1/s1. The van der Waals surface area contributed by atoms with Crippen LogP contribution in [0.4, 0.5) is 0 Å². The van der Waals surface area contributed by atoms with E-state index >= 15 is 0 Å². The molecule has 2 aliphatic heterocycles. The third kappa shape index (κ3) is 6.51. The maximum atomic E-state index is 11.9. The molecular weight excluding hydrogens is 472 g/mol. The van der Waals surface area contributed by atoms with Gasteiger partial charge >= 0.3 is 11.9 Å². The lowest BCUT2D eigenvalue weighted by Gasteiger charge is -2.39. The Morgan fingerprint density at radius 2 is 0.882 bits per heavy atom. The van der Waals surface area contributed by atoms with E-state index in [-0.39, 0.29) is 0 Å². The van der Waals surface area contributed by atoms with Crippen molar-refractivity contribution < 1.29 is 79.0 Å².